The van der Waals surface area contributed by atoms with Gasteiger partial charge in [0.2, 0.25) is 0 Å². The van der Waals surface area contributed by atoms with E-state index in [0.717, 1.165) is 17.0 Å². The van der Waals surface area contributed by atoms with Gasteiger partial charge in [0.1, 0.15) is 5.65 Å². The monoisotopic (exact) mass is 308 g/mol. The third kappa shape index (κ3) is 2.83. The number of nitrogens with zero attached hydrogens (tertiary/aromatic N) is 4. The molecule has 6 heteroatoms. The summed E-state index contributed by atoms with van der Waals surface area (Å²) in [5.41, 5.74) is 3.83. The molecule has 0 aliphatic rings. The lowest BCUT2D eigenvalue weighted by atomic mass is 10.2. The van der Waals surface area contributed by atoms with Gasteiger partial charge in [-0.05, 0) is 50.2 Å². The van der Waals surface area contributed by atoms with Crippen LogP contribution >= 0.6 is 0 Å². The number of benzene rings is 1. The van der Waals surface area contributed by atoms with Crippen LogP contribution in [-0.2, 0) is 4.74 Å². The maximum Gasteiger partial charge on any atom is 0.337 e. The summed E-state index contributed by atoms with van der Waals surface area (Å²) >= 11 is 0. The molecule has 0 unspecified atom stereocenters. The van der Waals surface area contributed by atoms with Gasteiger partial charge in [0.05, 0.1) is 24.1 Å². The van der Waals surface area contributed by atoms with Crippen molar-refractivity contribution < 1.29 is 9.53 Å². The minimum absolute atomic E-state index is 0.373. The second kappa shape index (κ2) is 6.00. The van der Waals surface area contributed by atoms with Crippen molar-refractivity contribution in [2.45, 2.75) is 13.8 Å². The van der Waals surface area contributed by atoms with Crippen LogP contribution < -0.4 is 0 Å². The number of carbonyl (C=O) groups is 1. The summed E-state index contributed by atoms with van der Waals surface area (Å²) in [6.07, 6.45) is 0. The van der Waals surface area contributed by atoms with Crippen molar-refractivity contribution in [3.05, 3.63) is 59.4 Å². The Morgan fingerprint density at radius 3 is 2.52 bits per heavy atom. The topological polar surface area (TPSA) is 68.3 Å². The first-order valence-electron chi connectivity index (χ1n) is 7.15. The molecule has 6 nitrogen and oxygen atoms in total. The van der Waals surface area contributed by atoms with Crippen LogP contribution in [0.1, 0.15) is 21.7 Å². The molecule has 0 amide bonds. The molecule has 0 spiro atoms. The maximum atomic E-state index is 11.4. The van der Waals surface area contributed by atoms with E-state index in [1.165, 1.54) is 7.11 Å². The number of imidazole rings is 1. The number of aryl methyl sites for hydroxylation is 2. The molecule has 1 aromatic carbocycles. The zero-order valence-corrected chi connectivity index (χ0v) is 13.1. The van der Waals surface area contributed by atoms with Gasteiger partial charge in [0, 0.05) is 5.69 Å². The molecule has 0 atom stereocenters. The van der Waals surface area contributed by atoms with E-state index in [9.17, 15) is 4.79 Å². The first kappa shape index (κ1) is 14.9. The number of esters is 1. The van der Waals surface area contributed by atoms with Crippen molar-refractivity contribution in [1.29, 1.82) is 0 Å². The zero-order chi connectivity index (χ0) is 16.4. The Bertz CT molecular complexity index is 895. The average Bonchev–Trinajstić information content (AvgIpc) is 2.89. The third-order valence-electron chi connectivity index (χ3n) is 3.53. The number of azo groups is 1. The summed E-state index contributed by atoms with van der Waals surface area (Å²) in [6.45, 7) is 3.90. The van der Waals surface area contributed by atoms with Crippen molar-refractivity contribution in [3.63, 3.8) is 0 Å². The third-order valence-corrected chi connectivity index (χ3v) is 3.53. The number of fused-ring (bicyclic) bond motifs is 1. The Labute approximate surface area is 133 Å². The van der Waals surface area contributed by atoms with Crippen LogP contribution in [0.2, 0.25) is 0 Å². The smallest absolute Gasteiger partial charge is 0.337 e. The number of aromatic nitrogens is 2. The van der Waals surface area contributed by atoms with E-state index in [1.807, 2.05) is 36.4 Å². The van der Waals surface area contributed by atoms with Crippen LogP contribution in [0.15, 0.2) is 52.7 Å². The van der Waals surface area contributed by atoms with E-state index in [0.29, 0.717) is 17.1 Å². The number of ether oxygens (including phenoxy) is 1. The highest BCUT2D eigenvalue weighted by Crippen LogP contribution is 2.25. The number of hydrogen-bond acceptors (Lipinski definition) is 5. The van der Waals surface area contributed by atoms with Gasteiger partial charge < -0.3 is 4.74 Å². The van der Waals surface area contributed by atoms with Crippen molar-refractivity contribution in [1.82, 2.24) is 9.38 Å². The summed E-state index contributed by atoms with van der Waals surface area (Å²) in [5.74, 6) is 0.330. The van der Waals surface area contributed by atoms with Gasteiger partial charge >= 0.3 is 5.97 Å². The summed E-state index contributed by atoms with van der Waals surface area (Å²) in [4.78, 5) is 15.9. The van der Waals surface area contributed by atoms with Crippen LogP contribution in [0.3, 0.4) is 0 Å². The van der Waals surface area contributed by atoms with E-state index in [2.05, 4.69) is 19.9 Å². The van der Waals surface area contributed by atoms with Gasteiger partial charge in [0.25, 0.3) is 0 Å². The highest BCUT2D eigenvalue weighted by Gasteiger charge is 2.09. The number of methoxy groups -OCH3 is 1. The number of hydrogen-bond donors (Lipinski definition) is 0. The summed E-state index contributed by atoms with van der Waals surface area (Å²) < 4.78 is 6.63. The lowest BCUT2D eigenvalue weighted by molar-refractivity contribution is 0.0601. The Morgan fingerprint density at radius 2 is 1.83 bits per heavy atom. The Morgan fingerprint density at radius 1 is 1.09 bits per heavy atom. The zero-order valence-electron chi connectivity index (χ0n) is 13.1. The van der Waals surface area contributed by atoms with Gasteiger partial charge in [-0.25, -0.2) is 9.78 Å². The Hall–Kier alpha value is -3.02. The predicted octanol–water partition coefficient (Wildman–Crippen LogP) is 4.15. The molecule has 116 valence electrons. The van der Waals surface area contributed by atoms with Gasteiger partial charge in [-0.2, -0.15) is 0 Å². The highest BCUT2D eigenvalue weighted by molar-refractivity contribution is 5.89. The first-order valence-corrected chi connectivity index (χ1v) is 7.15. The molecule has 0 saturated heterocycles. The fraction of sp³-hybridized carbons (Fsp3) is 0.176. The van der Waals surface area contributed by atoms with E-state index >= 15 is 0 Å². The molecule has 0 saturated carbocycles. The van der Waals surface area contributed by atoms with Gasteiger partial charge in [-0.1, -0.05) is 6.07 Å². The van der Waals surface area contributed by atoms with Crippen molar-refractivity contribution in [3.8, 4) is 0 Å². The minimum atomic E-state index is -0.373. The van der Waals surface area contributed by atoms with Crippen molar-refractivity contribution in [2.75, 3.05) is 7.11 Å². The molecule has 2 heterocycles. The van der Waals surface area contributed by atoms with Gasteiger partial charge in [-0.15, -0.1) is 10.2 Å². The Kier molecular flexibility index (Phi) is 3.89. The van der Waals surface area contributed by atoms with E-state index in [1.54, 1.807) is 24.3 Å². The van der Waals surface area contributed by atoms with Crippen LogP contribution in [0.5, 0.6) is 0 Å². The predicted molar refractivity (Wildman–Crippen MR) is 86.6 cm³/mol. The molecule has 0 N–H and O–H groups in total. The largest absolute Gasteiger partial charge is 0.465 e. The van der Waals surface area contributed by atoms with E-state index in [4.69, 9.17) is 0 Å². The molecule has 2 aromatic heterocycles. The molecular formula is C17H16N4O2. The van der Waals surface area contributed by atoms with Gasteiger partial charge in [-0.3, -0.25) is 4.40 Å². The lowest BCUT2D eigenvalue weighted by Gasteiger charge is -2.01. The molecular weight excluding hydrogens is 292 g/mol. The minimum Gasteiger partial charge on any atom is -0.465 e. The number of carbonyl (C=O) groups excluding carboxylic acids is 1. The van der Waals surface area contributed by atoms with Crippen LogP contribution in [0.25, 0.3) is 5.65 Å². The molecule has 23 heavy (non-hydrogen) atoms. The number of rotatable bonds is 3. The van der Waals surface area contributed by atoms with E-state index in [-0.39, 0.29) is 5.97 Å². The number of pyridine rings is 1. The van der Waals surface area contributed by atoms with E-state index < -0.39 is 0 Å². The fourth-order valence-corrected chi connectivity index (χ4v) is 2.35. The normalized spacial score (nSPS) is 11.3. The molecule has 0 radical (unpaired) electrons. The summed E-state index contributed by atoms with van der Waals surface area (Å²) in [6, 6.07) is 12.7. The molecule has 0 fully saturated rings. The first-order chi connectivity index (χ1) is 11.1. The molecule has 0 aliphatic carbocycles. The standard InChI is InChI=1S/C17H16N4O2/c1-11-5-4-6-15-18-12(2)16(21(11)15)20-19-14-9-7-13(8-10-14)17(22)23-3/h4-10H,1-3H3. The summed E-state index contributed by atoms with van der Waals surface area (Å²) in [5, 5.41) is 8.57. The Balaban J connectivity index is 1.94. The molecule has 0 aliphatic heterocycles. The average molecular weight is 308 g/mol. The fourth-order valence-electron chi connectivity index (χ4n) is 2.35. The lowest BCUT2D eigenvalue weighted by Crippen LogP contribution is -1.99. The SMILES string of the molecule is COC(=O)c1ccc(N=Nc2c(C)nc3cccc(C)n23)cc1. The molecule has 0 bridgehead atoms. The quantitative estimate of drug-likeness (QED) is 0.539. The van der Waals surface area contributed by atoms with Crippen LogP contribution in [0.4, 0.5) is 11.5 Å². The maximum absolute atomic E-state index is 11.4. The summed E-state index contributed by atoms with van der Waals surface area (Å²) in [7, 11) is 1.35. The van der Waals surface area contributed by atoms with Crippen molar-refractivity contribution in [2.24, 2.45) is 10.2 Å². The second-order valence-electron chi connectivity index (χ2n) is 5.12. The second-order valence-corrected chi connectivity index (χ2v) is 5.12. The van der Waals surface area contributed by atoms with Crippen LogP contribution in [-0.4, -0.2) is 22.5 Å². The van der Waals surface area contributed by atoms with Crippen LogP contribution in [0, 0.1) is 13.8 Å². The molecule has 3 aromatic rings. The molecule has 3 rings (SSSR count). The van der Waals surface area contributed by atoms with Gasteiger partial charge in [0.15, 0.2) is 5.82 Å². The highest BCUT2D eigenvalue weighted by atomic mass is 16.5. The van der Waals surface area contributed by atoms with Crippen molar-refractivity contribution >= 4 is 23.1 Å².